The molecule has 3 aliphatic heterocycles. The van der Waals surface area contributed by atoms with E-state index >= 15 is 0 Å². The van der Waals surface area contributed by atoms with Gasteiger partial charge in [-0.15, -0.1) is 0 Å². The quantitative estimate of drug-likeness (QED) is 0.731. The van der Waals surface area contributed by atoms with E-state index in [1.54, 1.807) is 23.4 Å². The molecule has 2 atom stereocenters. The van der Waals surface area contributed by atoms with Crippen molar-refractivity contribution >= 4 is 15.7 Å². The summed E-state index contributed by atoms with van der Waals surface area (Å²) in [7, 11) is -3.30. The lowest BCUT2D eigenvalue weighted by molar-refractivity contribution is -0.144. The van der Waals surface area contributed by atoms with Crippen LogP contribution in [-0.4, -0.2) is 65.5 Å². The summed E-state index contributed by atoms with van der Waals surface area (Å²) in [6, 6.07) is 9.50. The molecule has 29 heavy (non-hydrogen) atoms. The highest BCUT2D eigenvalue weighted by Crippen LogP contribution is 2.45. The molecule has 0 bridgehead atoms. The molecule has 1 spiro atoms. The van der Waals surface area contributed by atoms with Crippen LogP contribution in [0, 0.1) is 5.92 Å². The number of para-hydroxylation sites is 1. The van der Waals surface area contributed by atoms with Gasteiger partial charge < -0.3 is 14.4 Å². The first-order valence-corrected chi connectivity index (χ1v) is 11.3. The third-order valence-electron chi connectivity index (χ3n) is 6.21. The number of amides is 1. The molecule has 3 aliphatic rings. The van der Waals surface area contributed by atoms with Gasteiger partial charge in [-0.1, -0.05) is 18.2 Å². The highest BCUT2D eigenvalue weighted by molar-refractivity contribution is 7.93. The highest BCUT2D eigenvalue weighted by Gasteiger charge is 2.63. The second-order valence-corrected chi connectivity index (χ2v) is 10.3. The Bertz CT molecular complexity index is 1010. The molecule has 0 radical (unpaired) electrons. The van der Waals surface area contributed by atoms with Gasteiger partial charge in [0.1, 0.15) is 10.5 Å². The van der Waals surface area contributed by atoms with Crippen LogP contribution in [0.25, 0.3) is 0 Å². The van der Waals surface area contributed by atoms with Gasteiger partial charge in [-0.2, -0.15) is 0 Å². The molecule has 0 N–H and O–H groups in total. The smallest absolute Gasteiger partial charge is 0.316 e. The fourth-order valence-electron chi connectivity index (χ4n) is 4.52. The van der Waals surface area contributed by atoms with Gasteiger partial charge in [0.2, 0.25) is 0 Å². The van der Waals surface area contributed by atoms with Gasteiger partial charge in [-0.25, -0.2) is 18.4 Å². The molecule has 9 heteroatoms. The monoisotopic (exact) mass is 415 g/mol. The predicted octanol–water partition coefficient (Wildman–Crippen LogP) is 0.875. The zero-order valence-electron chi connectivity index (χ0n) is 15.7. The first-order valence-electron chi connectivity index (χ1n) is 9.64. The molecule has 0 unspecified atom stereocenters. The summed E-state index contributed by atoms with van der Waals surface area (Å²) in [5, 5.41) is 0. The fourth-order valence-corrected chi connectivity index (χ4v) is 6.92. The van der Waals surface area contributed by atoms with Crippen LogP contribution in [-0.2, 0) is 21.1 Å². The van der Waals surface area contributed by atoms with E-state index in [1.165, 1.54) is 0 Å². The number of hydrogen-bond acceptors (Lipinski definition) is 7. The van der Waals surface area contributed by atoms with Gasteiger partial charge in [0.05, 0.1) is 12.4 Å². The topological polar surface area (TPSA) is 98.7 Å². The van der Waals surface area contributed by atoms with Crippen LogP contribution in [0.15, 0.2) is 42.7 Å². The van der Waals surface area contributed by atoms with E-state index in [-0.39, 0.29) is 43.3 Å². The largest absolute Gasteiger partial charge is 0.480 e. The van der Waals surface area contributed by atoms with Crippen LogP contribution in [0.3, 0.4) is 0 Å². The molecule has 4 heterocycles. The van der Waals surface area contributed by atoms with Crippen LogP contribution in [0.4, 0.5) is 0 Å². The molecule has 1 amide bonds. The van der Waals surface area contributed by atoms with E-state index < -0.39 is 20.7 Å². The van der Waals surface area contributed by atoms with E-state index in [1.807, 2.05) is 24.3 Å². The summed E-state index contributed by atoms with van der Waals surface area (Å²) in [5.41, 5.74) is 1.00. The second kappa shape index (κ2) is 6.69. The van der Waals surface area contributed by atoms with Crippen LogP contribution >= 0.6 is 0 Å². The molecule has 152 valence electrons. The van der Waals surface area contributed by atoms with Crippen molar-refractivity contribution in [2.75, 3.05) is 25.4 Å². The maximum atomic E-state index is 12.9. The average Bonchev–Trinajstić information content (AvgIpc) is 3.24. The second-order valence-electron chi connectivity index (χ2n) is 7.82. The molecule has 1 aromatic heterocycles. The van der Waals surface area contributed by atoms with Crippen LogP contribution in [0.5, 0.6) is 11.8 Å². The summed E-state index contributed by atoms with van der Waals surface area (Å²) in [4.78, 5) is 22.5. The van der Waals surface area contributed by atoms with E-state index in [0.717, 1.165) is 11.3 Å². The SMILES string of the molecule is O=C([C@H]1Cc2ccccc2O1)N1CC2(C1)[C@@H](COc1ncccn1)CCS2(=O)=O. The molecular weight excluding hydrogens is 394 g/mol. The molecule has 2 fully saturated rings. The number of nitrogens with zero attached hydrogens (tertiary/aromatic N) is 3. The number of likely N-dealkylation sites (tertiary alicyclic amines) is 1. The van der Waals surface area contributed by atoms with Crippen molar-refractivity contribution in [3.63, 3.8) is 0 Å². The number of fused-ring (bicyclic) bond motifs is 1. The van der Waals surface area contributed by atoms with E-state index in [4.69, 9.17) is 9.47 Å². The van der Waals surface area contributed by atoms with Crippen molar-refractivity contribution in [1.29, 1.82) is 0 Å². The molecule has 2 saturated heterocycles. The number of rotatable bonds is 4. The summed E-state index contributed by atoms with van der Waals surface area (Å²) in [5.74, 6) is 0.495. The zero-order valence-corrected chi connectivity index (χ0v) is 16.5. The fraction of sp³-hybridized carbons (Fsp3) is 0.450. The van der Waals surface area contributed by atoms with Crippen molar-refractivity contribution in [2.45, 2.75) is 23.7 Å². The van der Waals surface area contributed by atoms with Crippen molar-refractivity contribution in [3.05, 3.63) is 48.3 Å². The van der Waals surface area contributed by atoms with Gasteiger partial charge in [0, 0.05) is 37.8 Å². The number of sulfone groups is 1. The lowest BCUT2D eigenvalue weighted by Gasteiger charge is -2.50. The van der Waals surface area contributed by atoms with Crippen LogP contribution in [0.1, 0.15) is 12.0 Å². The summed E-state index contributed by atoms with van der Waals surface area (Å²) >= 11 is 0. The molecule has 0 saturated carbocycles. The minimum absolute atomic E-state index is 0.115. The Morgan fingerprint density at radius 2 is 1.97 bits per heavy atom. The lowest BCUT2D eigenvalue weighted by Crippen LogP contribution is -2.70. The van der Waals surface area contributed by atoms with Gasteiger partial charge in [-0.05, 0) is 24.1 Å². The van der Waals surface area contributed by atoms with E-state index in [0.29, 0.717) is 12.8 Å². The molecule has 8 nitrogen and oxygen atoms in total. The normalized spacial score (nSPS) is 25.9. The molecule has 1 aromatic carbocycles. The van der Waals surface area contributed by atoms with Crippen molar-refractivity contribution in [3.8, 4) is 11.8 Å². The van der Waals surface area contributed by atoms with Crippen molar-refractivity contribution in [1.82, 2.24) is 14.9 Å². The lowest BCUT2D eigenvalue weighted by atomic mass is 9.83. The number of carbonyl (C=O) groups excluding carboxylic acids is 1. The van der Waals surface area contributed by atoms with Crippen LogP contribution < -0.4 is 9.47 Å². The Morgan fingerprint density at radius 3 is 2.72 bits per heavy atom. The Kier molecular flexibility index (Phi) is 4.23. The molecular formula is C20H21N3O5S. The third-order valence-corrected chi connectivity index (χ3v) is 8.81. The average molecular weight is 415 g/mol. The minimum Gasteiger partial charge on any atom is -0.480 e. The maximum Gasteiger partial charge on any atom is 0.316 e. The van der Waals surface area contributed by atoms with Crippen molar-refractivity contribution in [2.24, 2.45) is 5.92 Å². The van der Waals surface area contributed by atoms with Crippen molar-refractivity contribution < 1.29 is 22.7 Å². The summed E-state index contributed by atoms with van der Waals surface area (Å²) in [6.07, 6.45) is 3.60. The number of hydrogen-bond donors (Lipinski definition) is 0. The summed E-state index contributed by atoms with van der Waals surface area (Å²) in [6.45, 7) is 0.596. The first kappa shape index (κ1) is 18.4. The molecule has 2 aromatic rings. The Morgan fingerprint density at radius 1 is 1.21 bits per heavy atom. The van der Waals surface area contributed by atoms with E-state index in [2.05, 4.69) is 9.97 Å². The van der Waals surface area contributed by atoms with Gasteiger partial charge in [-0.3, -0.25) is 4.79 Å². The minimum atomic E-state index is -3.30. The number of ether oxygens (including phenoxy) is 2. The first-order chi connectivity index (χ1) is 14.0. The molecule has 5 rings (SSSR count). The van der Waals surface area contributed by atoms with E-state index in [9.17, 15) is 13.2 Å². The van der Waals surface area contributed by atoms with Gasteiger partial charge >= 0.3 is 6.01 Å². The standard InChI is InChI=1S/C20H21N3O5S/c24-18(17-10-14-4-1-2-5-16(14)28-17)23-12-20(13-23)15(6-9-29(20,25)26)11-27-19-21-7-3-8-22-19/h1-5,7-8,15,17H,6,9-13H2/t15-,17-/m1/s1. The summed E-state index contributed by atoms with van der Waals surface area (Å²) < 4.78 is 36.1. The zero-order chi connectivity index (χ0) is 20.1. The molecule has 0 aliphatic carbocycles. The van der Waals surface area contributed by atoms with Gasteiger partial charge in [0.25, 0.3) is 5.91 Å². The maximum absolute atomic E-state index is 12.9. The third kappa shape index (κ3) is 2.95. The number of carbonyl (C=O) groups is 1. The Labute approximate surface area is 168 Å². The van der Waals surface area contributed by atoms with Gasteiger partial charge in [0.15, 0.2) is 15.9 Å². The predicted molar refractivity (Wildman–Crippen MR) is 103 cm³/mol. The number of benzene rings is 1. The van der Waals surface area contributed by atoms with Crippen LogP contribution in [0.2, 0.25) is 0 Å². The number of aromatic nitrogens is 2. The Hall–Kier alpha value is -2.68. The Balaban J connectivity index is 1.26. The highest BCUT2D eigenvalue weighted by atomic mass is 32.2.